The Morgan fingerprint density at radius 1 is 1.10 bits per heavy atom. The Labute approximate surface area is 117 Å². The van der Waals surface area contributed by atoms with Gasteiger partial charge in [0.2, 0.25) is 0 Å². The standard InChI is InChI=1S/C16H19F2NO/c1-4-5-19-16(15-6-10(2)20-11(15)3)12-7-13(17)9-14(18)8-12/h6-9,16,19H,4-5H2,1-3H3. The van der Waals surface area contributed by atoms with Gasteiger partial charge in [0, 0.05) is 11.6 Å². The first-order valence-corrected chi connectivity index (χ1v) is 6.77. The highest BCUT2D eigenvalue weighted by molar-refractivity contribution is 5.35. The zero-order valence-electron chi connectivity index (χ0n) is 12.0. The molecule has 2 rings (SSSR count). The van der Waals surface area contributed by atoms with Crippen LogP contribution in [-0.4, -0.2) is 6.54 Å². The molecule has 0 amide bonds. The Kier molecular flexibility index (Phi) is 4.55. The van der Waals surface area contributed by atoms with Crippen LogP contribution in [0.2, 0.25) is 0 Å². The number of rotatable bonds is 5. The molecule has 1 aromatic carbocycles. The molecule has 1 unspecified atom stereocenters. The van der Waals surface area contributed by atoms with Crippen molar-refractivity contribution in [2.75, 3.05) is 6.54 Å². The molecule has 0 bridgehead atoms. The monoisotopic (exact) mass is 279 g/mol. The second kappa shape index (κ2) is 6.18. The molecule has 1 N–H and O–H groups in total. The predicted molar refractivity (Wildman–Crippen MR) is 74.7 cm³/mol. The molecule has 2 aromatic rings. The van der Waals surface area contributed by atoms with Crippen molar-refractivity contribution in [1.29, 1.82) is 0 Å². The van der Waals surface area contributed by atoms with Crippen LogP contribution in [0.25, 0.3) is 0 Å². The van der Waals surface area contributed by atoms with E-state index < -0.39 is 11.6 Å². The highest BCUT2D eigenvalue weighted by Crippen LogP contribution is 2.28. The van der Waals surface area contributed by atoms with E-state index in [0.29, 0.717) is 5.56 Å². The van der Waals surface area contributed by atoms with E-state index in [-0.39, 0.29) is 6.04 Å². The third-order valence-corrected chi connectivity index (χ3v) is 3.21. The van der Waals surface area contributed by atoms with E-state index in [1.54, 1.807) is 0 Å². The Morgan fingerprint density at radius 2 is 1.75 bits per heavy atom. The van der Waals surface area contributed by atoms with Crippen LogP contribution < -0.4 is 5.32 Å². The van der Waals surface area contributed by atoms with E-state index in [9.17, 15) is 8.78 Å². The number of hydrogen-bond donors (Lipinski definition) is 1. The quantitative estimate of drug-likeness (QED) is 0.884. The molecular weight excluding hydrogens is 260 g/mol. The molecule has 108 valence electrons. The van der Waals surface area contributed by atoms with E-state index in [0.717, 1.165) is 36.1 Å². The lowest BCUT2D eigenvalue weighted by molar-refractivity contribution is 0.492. The molecule has 2 nitrogen and oxygen atoms in total. The topological polar surface area (TPSA) is 25.2 Å². The molecule has 0 radical (unpaired) electrons. The highest BCUT2D eigenvalue weighted by Gasteiger charge is 2.20. The fraction of sp³-hybridized carbons (Fsp3) is 0.375. The minimum Gasteiger partial charge on any atom is -0.466 e. The molecule has 1 atom stereocenters. The van der Waals surface area contributed by atoms with Gasteiger partial charge in [-0.3, -0.25) is 0 Å². The van der Waals surface area contributed by atoms with Gasteiger partial charge in [-0.05, 0) is 50.6 Å². The van der Waals surface area contributed by atoms with E-state index in [2.05, 4.69) is 5.32 Å². The molecule has 0 saturated carbocycles. The number of hydrogen-bond acceptors (Lipinski definition) is 2. The second-order valence-electron chi connectivity index (χ2n) is 4.96. The molecule has 1 aromatic heterocycles. The first-order chi connectivity index (χ1) is 9.51. The molecule has 0 aliphatic rings. The van der Waals surface area contributed by atoms with Gasteiger partial charge in [0.25, 0.3) is 0 Å². The Balaban J connectivity index is 2.43. The van der Waals surface area contributed by atoms with Crippen molar-refractivity contribution in [1.82, 2.24) is 5.32 Å². The van der Waals surface area contributed by atoms with Crippen molar-refractivity contribution in [3.63, 3.8) is 0 Å². The van der Waals surface area contributed by atoms with Crippen LogP contribution in [0.1, 0.15) is 42.0 Å². The molecule has 0 saturated heterocycles. The van der Waals surface area contributed by atoms with Crippen LogP contribution in [0.5, 0.6) is 0 Å². The maximum absolute atomic E-state index is 13.4. The summed E-state index contributed by atoms with van der Waals surface area (Å²) < 4.78 is 32.4. The van der Waals surface area contributed by atoms with Crippen molar-refractivity contribution in [3.05, 3.63) is 58.5 Å². The largest absolute Gasteiger partial charge is 0.466 e. The lowest BCUT2D eigenvalue weighted by Gasteiger charge is -2.19. The van der Waals surface area contributed by atoms with Crippen LogP contribution >= 0.6 is 0 Å². The van der Waals surface area contributed by atoms with Crippen molar-refractivity contribution in [2.24, 2.45) is 0 Å². The fourth-order valence-electron chi connectivity index (χ4n) is 2.37. The number of nitrogens with one attached hydrogen (secondary N) is 1. The minimum atomic E-state index is -0.568. The normalized spacial score (nSPS) is 12.7. The van der Waals surface area contributed by atoms with Gasteiger partial charge in [-0.2, -0.15) is 0 Å². The summed E-state index contributed by atoms with van der Waals surface area (Å²) in [5.74, 6) is 0.417. The average Bonchev–Trinajstić information content (AvgIpc) is 2.68. The lowest BCUT2D eigenvalue weighted by atomic mass is 9.98. The third-order valence-electron chi connectivity index (χ3n) is 3.21. The molecule has 0 aliphatic carbocycles. The fourth-order valence-corrected chi connectivity index (χ4v) is 2.37. The Morgan fingerprint density at radius 3 is 2.25 bits per heavy atom. The van der Waals surface area contributed by atoms with Crippen LogP contribution in [0.15, 0.2) is 28.7 Å². The lowest BCUT2D eigenvalue weighted by Crippen LogP contribution is -2.23. The van der Waals surface area contributed by atoms with Gasteiger partial charge in [-0.1, -0.05) is 6.92 Å². The number of benzene rings is 1. The van der Waals surface area contributed by atoms with Crippen molar-refractivity contribution < 1.29 is 13.2 Å². The first kappa shape index (κ1) is 14.7. The smallest absolute Gasteiger partial charge is 0.126 e. The van der Waals surface area contributed by atoms with E-state index >= 15 is 0 Å². The molecule has 20 heavy (non-hydrogen) atoms. The minimum absolute atomic E-state index is 0.266. The van der Waals surface area contributed by atoms with Gasteiger partial charge in [0.05, 0.1) is 6.04 Å². The summed E-state index contributed by atoms with van der Waals surface area (Å²) in [6.07, 6.45) is 0.935. The van der Waals surface area contributed by atoms with Crippen LogP contribution in [0.3, 0.4) is 0 Å². The predicted octanol–water partition coefficient (Wildman–Crippen LogP) is 4.26. The third kappa shape index (κ3) is 3.25. The van der Waals surface area contributed by atoms with Crippen LogP contribution in [0, 0.1) is 25.5 Å². The molecule has 0 fully saturated rings. The van der Waals surface area contributed by atoms with Crippen LogP contribution in [0.4, 0.5) is 8.78 Å². The highest BCUT2D eigenvalue weighted by atomic mass is 19.1. The zero-order chi connectivity index (χ0) is 14.7. The van der Waals surface area contributed by atoms with Gasteiger partial charge in [0.1, 0.15) is 23.2 Å². The summed E-state index contributed by atoms with van der Waals surface area (Å²) in [6, 6.07) is 5.24. The van der Waals surface area contributed by atoms with Gasteiger partial charge in [-0.15, -0.1) is 0 Å². The maximum Gasteiger partial charge on any atom is 0.126 e. The molecule has 1 heterocycles. The van der Waals surface area contributed by atoms with Gasteiger partial charge < -0.3 is 9.73 Å². The summed E-state index contributed by atoms with van der Waals surface area (Å²) in [7, 11) is 0. The van der Waals surface area contributed by atoms with E-state index in [1.807, 2.05) is 26.8 Å². The van der Waals surface area contributed by atoms with Crippen molar-refractivity contribution in [2.45, 2.75) is 33.2 Å². The summed E-state index contributed by atoms with van der Waals surface area (Å²) >= 11 is 0. The summed E-state index contributed by atoms with van der Waals surface area (Å²) in [5.41, 5.74) is 1.49. The zero-order valence-corrected chi connectivity index (χ0v) is 12.0. The van der Waals surface area contributed by atoms with E-state index in [1.165, 1.54) is 12.1 Å². The first-order valence-electron chi connectivity index (χ1n) is 6.77. The number of halogens is 2. The molecule has 4 heteroatoms. The maximum atomic E-state index is 13.4. The number of aryl methyl sites for hydroxylation is 2. The summed E-state index contributed by atoms with van der Waals surface area (Å²) in [5, 5.41) is 3.32. The molecule has 0 spiro atoms. The number of furan rings is 1. The van der Waals surface area contributed by atoms with Crippen molar-refractivity contribution >= 4 is 0 Å². The summed E-state index contributed by atoms with van der Waals surface area (Å²) in [6.45, 7) is 6.52. The van der Waals surface area contributed by atoms with E-state index in [4.69, 9.17) is 4.42 Å². The Hall–Kier alpha value is -1.68. The van der Waals surface area contributed by atoms with Gasteiger partial charge in [0.15, 0.2) is 0 Å². The Bertz CT molecular complexity index is 572. The SMILES string of the molecule is CCCNC(c1cc(F)cc(F)c1)c1cc(C)oc1C. The van der Waals surface area contributed by atoms with Gasteiger partial charge >= 0.3 is 0 Å². The second-order valence-corrected chi connectivity index (χ2v) is 4.96. The van der Waals surface area contributed by atoms with Crippen LogP contribution in [-0.2, 0) is 0 Å². The van der Waals surface area contributed by atoms with Crippen molar-refractivity contribution in [3.8, 4) is 0 Å². The van der Waals surface area contributed by atoms with Gasteiger partial charge in [-0.25, -0.2) is 8.78 Å². The summed E-state index contributed by atoms with van der Waals surface area (Å²) in [4.78, 5) is 0. The molecule has 0 aliphatic heterocycles. The molecular formula is C16H19F2NO. The average molecular weight is 279 g/mol.